The molecule has 0 unspecified atom stereocenters. The molecule has 0 bridgehead atoms. The van der Waals surface area contributed by atoms with Crippen molar-refractivity contribution in [2.75, 3.05) is 10.6 Å². The largest absolute Gasteiger partial charge is 0.332 e. The van der Waals surface area contributed by atoms with E-state index in [-0.39, 0.29) is 5.78 Å². The maximum atomic E-state index is 12.8. The molecule has 0 aliphatic heterocycles. The number of rotatable bonds is 4. The minimum absolute atomic E-state index is 0.117. The predicted molar refractivity (Wildman–Crippen MR) is 108 cm³/mol. The highest BCUT2D eigenvalue weighted by molar-refractivity contribution is 7.80. The molecule has 0 aromatic heterocycles. The Bertz CT molecular complexity index is 912. The second kappa shape index (κ2) is 7.92. The van der Waals surface area contributed by atoms with Gasteiger partial charge in [-0.25, -0.2) is 0 Å². The van der Waals surface area contributed by atoms with Gasteiger partial charge in [-0.1, -0.05) is 54.1 Å². The molecule has 0 aliphatic carbocycles. The van der Waals surface area contributed by atoms with Gasteiger partial charge in [0.1, 0.15) is 0 Å². The third-order valence-corrected chi connectivity index (χ3v) is 3.98. The van der Waals surface area contributed by atoms with Crippen LogP contribution in [0.25, 0.3) is 0 Å². The second-order valence-corrected chi connectivity index (χ2v) is 6.17. The minimum Gasteiger partial charge on any atom is -0.332 e. The van der Waals surface area contributed by atoms with E-state index in [2.05, 4.69) is 10.6 Å². The zero-order valence-corrected chi connectivity index (χ0v) is 14.8. The smallest absolute Gasteiger partial charge is 0.195 e. The molecule has 0 atom stereocenters. The zero-order valence-electron chi connectivity index (χ0n) is 13.2. The first-order valence-corrected chi connectivity index (χ1v) is 8.44. The van der Waals surface area contributed by atoms with Crippen LogP contribution in [0.4, 0.5) is 11.4 Å². The van der Waals surface area contributed by atoms with E-state index in [4.69, 9.17) is 23.8 Å². The van der Waals surface area contributed by atoms with E-state index in [1.165, 1.54) is 0 Å². The monoisotopic (exact) mass is 366 g/mol. The molecular formula is C20H15ClN2OS. The Morgan fingerprint density at radius 1 is 0.840 bits per heavy atom. The molecule has 5 heteroatoms. The van der Waals surface area contributed by atoms with Crippen LogP contribution >= 0.6 is 23.8 Å². The number of carbonyl (C=O) groups excluding carboxylic acids is 1. The summed E-state index contributed by atoms with van der Waals surface area (Å²) in [6, 6.07) is 23.7. The SMILES string of the molecule is O=C(c1cccc(Cl)c1)c1ccccc1NC(=S)Nc1ccccc1. The van der Waals surface area contributed by atoms with E-state index in [0.29, 0.717) is 26.9 Å². The third kappa shape index (κ3) is 4.44. The van der Waals surface area contributed by atoms with Crippen molar-refractivity contribution in [2.45, 2.75) is 0 Å². The van der Waals surface area contributed by atoms with Crippen LogP contribution in [0.1, 0.15) is 15.9 Å². The normalized spacial score (nSPS) is 10.1. The first kappa shape index (κ1) is 17.1. The van der Waals surface area contributed by atoms with Gasteiger partial charge in [-0.2, -0.15) is 0 Å². The lowest BCUT2D eigenvalue weighted by atomic mass is 10.0. The summed E-state index contributed by atoms with van der Waals surface area (Å²) in [5.41, 5.74) is 2.57. The van der Waals surface area contributed by atoms with E-state index in [0.717, 1.165) is 5.69 Å². The van der Waals surface area contributed by atoms with Gasteiger partial charge in [0.05, 0.1) is 5.69 Å². The fourth-order valence-electron chi connectivity index (χ4n) is 2.38. The van der Waals surface area contributed by atoms with Crippen LogP contribution < -0.4 is 10.6 Å². The number of ketones is 1. The van der Waals surface area contributed by atoms with E-state index in [1.807, 2.05) is 48.5 Å². The second-order valence-electron chi connectivity index (χ2n) is 5.33. The third-order valence-electron chi connectivity index (χ3n) is 3.54. The maximum absolute atomic E-state index is 12.8. The molecule has 0 amide bonds. The van der Waals surface area contributed by atoms with Crippen LogP contribution in [0.3, 0.4) is 0 Å². The number of para-hydroxylation sites is 2. The average Bonchev–Trinajstić information content (AvgIpc) is 2.62. The van der Waals surface area contributed by atoms with Crippen molar-refractivity contribution < 1.29 is 4.79 Å². The van der Waals surface area contributed by atoms with Gasteiger partial charge in [0, 0.05) is 21.8 Å². The minimum atomic E-state index is -0.117. The summed E-state index contributed by atoms with van der Waals surface area (Å²) in [5.74, 6) is -0.117. The van der Waals surface area contributed by atoms with Gasteiger partial charge < -0.3 is 10.6 Å². The van der Waals surface area contributed by atoms with Crippen molar-refractivity contribution >= 4 is 46.1 Å². The molecule has 0 radical (unpaired) electrons. The van der Waals surface area contributed by atoms with Crippen molar-refractivity contribution in [2.24, 2.45) is 0 Å². The van der Waals surface area contributed by atoms with E-state index >= 15 is 0 Å². The molecule has 25 heavy (non-hydrogen) atoms. The van der Waals surface area contributed by atoms with Gasteiger partial charge >= 0.3 is 0 Å². The first-order chi connectivity index (χ1) is 12.1. The van der Waals surface area contributed by atoms with Crippen molar-refractivity contribution in [3.8, 4) is 0 Å². The van der Waals surface area contributed by atoms with Crippen LogP contribution in [-0.2, 0) is 0 Å². The molecule has 2 N–H and O–H groups in total. The summed E-state index contributed by atoms with van der Waals surface area (Å²) < 4.78 is 0. The summed E-state index contributed by atoms with van der Waals surface area (Å²) >= 11 is 11.3. The molecule has 124 valence electrons. The Morgan fingerprint density at radius 3 is 2.32 bits per heavy atom. The highest BCUT2D eigenvalue weighted by Crippen LogP contribution is 2.21. The number of thiocarbonyl (C=S) groups is 1. The van der Waals surface area contributed by atoms with E-state index in [1.54, 1.807) is 30.3 Å². The first-order valence-electron chi connectivity index (χ1n) is 7.66. The van der Waals surface area contributed by atoms with Gasteiger partial charge in [0.2, 0.25) is 0 Å². The molecule has 0 fully saturated rings. The summed E-state index contributed by atoms with van der Waals surface area (Å²) in [6.45, 7) is 0. The zero-order chi connectivity index (χ0) is 17.6. The van der Waals surface area contributed by atoms with Crippen molar-refractivity contribution in [3.63, 3.8) is 0 Å². The average molecular weight is 367 g/mol. The van der Waals surface area contributed by atoms with Crippen molar-refractivity contribution in [3.05, 3.63) is 95.0 Å². The molecule has 0 spiro atoms. The number of halogens is 1. The number of benzene rings is 3. The van der Waals surface area contributed by atoms with Gasteiger partial charge in [-0.15, -0.1) is 0 Å². The van der Waals surface area contributed by atoms with E-state index in [9.17, 15) is 4.79 Å². The Labute approximate surface area is 156 Å². The Morgan fingerprint density at radius 2 is 1.56 bits per heavy atom. The van der Waals surface area contributed by atoms with Gasteiger partial charge in [-0.3, -0.25) is 4.79 Å². The quantitative estimate of drug-likeness (QED) is 0.480. The summed E-state index contributed by atoms with van der Waals surface area (Å²) in [4.78, 5) is 12.8. The molecule has 3 aromatic rings. The number of nitrogens with one attached hydrogen (secondary N) is 2. The summed E-state index contributed by atoms with van der Waals surface area (Å²) in [7, 11) is 0. The van der Waals surface area contributed by atoms with Crippen LogP contribution in [0.15, 0.2) is 78.9 Å². The molecule has 3 rings (SSSR count). The predicted octanol–water partition coefficient (Wildman–Crippen LogP) is 5.38. The molecular weight excluding hydrogens is 352 g/mol. The number of anilines is 2. The number of hydrogen-bond acceptors (Lipinski definition) is 2. The standard InChI is InChI=1S/C20H15ClN2OS/c21-15-8-6-7-14(13-15)19(24)17-11-4-5-12-18(17)23-20(25)22-16-9-2-1-3-10-16/h1-13H,(H2,22,23,25). The topological polar surface area (TPSA) is 41.1 Å². The lowest BCUT2D eigenvalue weighted by molar-refractivity contribution is 0.103. The Balaban J connectivity index is 1.81. The maximum Gasteiger partial charge on any atom is 0.195 e. The molecule has 0 aliphatic rings. The number of carbonyl (C=O) groups is 1. The van der Waals surface area contributed by atoms with E-state index < -0.39 is 0 Å². The molecule has 3 aromatic carbocycles. The molecule has 0 heterocycles. The molecule has 3 nitrogen and oxygen atoms in total. The molecule has 0 saturated carbocycles. The van der Waals surface area contributed by atoms with Gasteiger partial charge in [-0.05, 0) is 48.6 Å². The van der Waals surface area contributed by atoms with Gasteiger partial charge in [0.15, 0.2) is 10.9 Å². The Hall–Kier alpha value is -2.69. The lowest BCUT2D eigenvalue weighted by Gasteiger charge is -2.13. The highest BCUT2D eigenvalue weighted by atomic mass is 35.5. The van der Waals surface area contributed by atoms with Crippen LogP contribution in [0.2, 0.25) is 5.02 Å². The Kier molecular flexibility index (Phi) is 5.43. The highest BCUT2D eigenvalue weighted by Gasteiger charge is 2.14. The van der Waals surface area contributed by atoms with Crippen molar-refractivity contribution in [1.82, 2.24) is 0 Å². The summed E-state index contributed by atoms with van der Waals surface area (Å²) in [6.07, 6.45) is 0. The van der Waals surface area contributed by atoms with Gasteiger partial charge in [0.25, 0.3) is 0 Å². The van der Waals surface area contributed by atoms with Crippen LogP contribution in [0, 0.1) is 0 Å². The van der Waals surface area contributed by atoms with Crippen molar-refractivity contribution in [1.29, 1.82) is 0 Å². The van der Waals surface area contributed by atoms with Crippen LogP contribution in [-0.4, -0.2) is 10.9 Å². The fourth-order valence-corrected chi connectivity index (χ4v) is 2.80. The fraction of sp³-hybridized carbons (Fsp3) is 0. The lowest BCUT2D eigenvalue weighted by Crippen LogP contribution is -2.20. The number of hydrogen-bond donors (Lipinski definition) is 2. The summed E-state index contributed by atoms with van der Waals surface area (Å²) in [5, 5.41) is 7.12. The molecule has 0 saturated heterocycles. The van der Waals surface area contributed by atoms with Crippen LogP contribution in [0.5, 0.6) is 0 Å².